The molecule has 2 heterocycles. The highest BCUT2D eigenvalue weighted by atomic mass is 32.2. The van der Waals surface area contributed by atoms with E-state index in [1.165, 1.54) is 37.3 Å². The molecule has 0 aromatic carbocycles. The maximum atomic E-state index is 6.00. The quantitative estimate of drug-likeness (QED) is 0.823. The van der Waals surface area contributed by atoms with E-state index >= 15 is 0 Å². The highest BCUT2D eigenvalue weighted by molar-refractivity contribution is 7.99. The molecule has 2 nitrogen and oxygen atoms in total. The van der Waals surface area contributed by atoms with E-state index in [-0.39, 0.29) is 0 Å². The number of piperidine rings is 1. The lowest BCUT2D eigenvalue weighted by Gasteiger charge is -2.50. The van der Waals surface area contributed by atoms with Gasteiger partial charge in [-0.25, -0.2) is 0 Å². The maximum Gasteiger partial charge on any atom is 0.0241 e. The van der Waals surface area contributed by atoms with Crippen molar-refractivity contribution in [1.82, 2.24) is 4.90 Å². The van der Waals surface area contributed by atoms with Crippen molar-refractivity contribution < 1.29 is 0 Å². The van der Waals surface area contributed by atoms with Crippen molar-refractivity contribution in [1.29, 1.82) is 0 Å². The molecule has 0 aromatic heterocycles. The summed E-state index contributed by atoms with van der Waals surface area (Å²) in [5, 5.41) is 0. The summed E-state index contributed by atoms with van der Waals surface area (Å²) in [6.45, 7) is 9.37. The maximum absolute atomic E-state index is 6.00. The normalized spacial score (nSPS) is 39.2. The van der Waals surface area contributed by atoms with Gasteiger partial charge < -0.3 is 5.73 Å². The fraction of sp³-hybridized carbons (Fsp3) is 1.00. The first-order valence-electron chi connectivity index (χ1n) is 7.08. The van der Waals surface area contributed by atoms with Crippen LogP contribution in [0.4, 0.5) is 0 Å². The summed E-state index contributed by atoms with van der Waals surface area (Å²) in [7, 11) is 0. The number of hydrogen-bond donors (Lipinski definition) is 1. The molecule has 3 atom stereocenters. The van der Waals surface area contributed by atoms with Gasteiger partial charge in [0.05, 0.1) is 0 Å². The number of rotatable bonds is 2. The number of likely N-dealkylation sites (tertiary alicyclic amines) is 1. The third-order valence-corrected chi connectivity index (χ3v) is 5.81. The van der Waals surface area contributed by atoms with Crippen LogP contribution in [0.2, 0.25) is 0 Å². The van der Waals surface area contributed by atoms with Crippen LogP contribution in [0.5, 0.6) is 0 Å². The number of nitrogens with zero attached hydrogens (tertiary/aromatic N) is 1. The van der Waals surface area contributed by atoms with Gasteiger partial charge in [-0.05, 0) is 42.9 Å². The molecule has 3 heteroatoms. The Morgan fingerprint density at radius 2 is 2.18 bits per heavy atom. The largest absolute Gasteiger partial charge is 0.329 e. The van der Waals surface area contributed by atoms with Crippen molar-refractivity contribution in [3.05, 3.63) is 0 Å². The third kappa shape index (κ3) is 2.99. The predicted molar refractivity (Wildman–Crippen MR) is 77.5 cm³/mol. The fourth-order valence-electron chi connectivity index (χ4n) is 3.38. The molecule has 2 N–H and O–H groups in total. The zero-order chi connectivity index (χ0) is 12.5. The van der Waals surface area contributed by atoms with Crippen LogP contribution in [0.15, 0.2) is 0 Å². The van der Waals surface area contributed by atoms with Crippen LogP contribution >= 0.6 is 11.8 Å². The molecule has 100 valence electrons. The molecule has 2 saturated heterocycles. The molecule has 3 unspecified atom stereocenters. The molecule has 17 heavy (non-hydrogen) atoms. The molecular formula is C14H28N2S. The average Bonchev–Trinajstić information content (AvgIpc) is 2.29. The summed E-state index contributed by atoms with van der Waals surface area (Å²) in [6, 6.07) is 1.36. The Morgan fingerprint density at radius 1 is 1.41 bits per heavy atom. The lowest BCUT2D eigenvalue weighted by Crippen LogP contribution is -2.57. The summed E-state index contributed by atoms with van der Waals surface area (Å²) in [5.74, 6) is 3.50. The molecule has 0 aromatic rings. The van der Waals surface area contributed by atoms with Crippen LogP contribution in [0, 0.1) is 11.3 Å². The van der Waals surface area contributed by atoms with Gasteiger partial charge in [-0.1, -0.05) is 20.8 Å². The first-order chi connectivity index (χ1) is 8.04. The average molecular weight is 256 g/mol. The Morgan fingerprint density at radius 3 is 2.82 bits per heavy atom. The molecule has 0 aliphatic carbocycles. The van der Waals surface area contributed by atoms with Gasteiger partial charge in [0.25, 0.3) is 0 Å². The summed E-state index contributed by atoms with van der Waals surface area (Å²) in [5.41, 5.74) is 6.47. The molecule has 2 aliphatic rings. The van der Waals surface area contributed by atoms with Gasteiger partial charge in [-0.3, -0.25) is 4.90 Å². The van der Waals surface area contributed by atoms with Crippen molar-refractivity contribution in [2.75, 3.05) is 24.6 Å². The first kappa shape index (κ1) is 13.7. The van der Waals surface area contributed by atoms with Crippen LogP contribution < -0.4 is 5.73 Å². The van der Waals surface area contributed by atoms with Gasteiger partial charge >= 0.3 is 0 Å². The highest BCUT2D eigenvalue weighted by Gasteiger charge is 2.40. The van der Waals surface area contributed by atoms with Crippen LogP contribution in [0.1, 0.15) is 40.0 Å². The summed E-state index contributed by atoms with van der Waals surface area (Å²) in [6.07, 6.45) is 4.01. The summed E-state index contributed by atoms with van der Waals surface area (Å²) >= 11 is 2.13. The van der Waals surface area contributed by atoms with E-state index in [2.05, 4.69) is 37.4 Å². The fourth-order valence-corrected chi connectivity index (χ4v) is 5.08. The molecule has 0 amide bonds. The molecule has 0 bridgehead atoms. The molecule has 0 spiro atoms. The second-order valence-electron chi connectivity index (χ2n) is 6.59. The van der Waals surface area contributed by atoms with Crippen LogP contribution in [0.25, 0.3) is 0 Å². The highest BCUT2D eigenvalue weighted by Crippen LogP contribution is 2.40. The van der Waals surface area contributed by atoms with E-state index in [4.69, 9.17) is 5.73 Å². The van der Waals surface area contributed by atoms with Crippen LogP contribution in [-0.2, 0) is 0 Å². The number of hydrogen-bond acceptors (Lipinski definition) is 3. The van der Waals surface area contributed by atoms with Gasteiger partial charge in [-0.2, -0.15) is 11.8 Å². The molecule has 2 rings (SSSR count). The second kappa shape index (κ2) is 5.50. The Kier molecular flexibility index (Phi) is 4.43. The van der Waals surface area contributed by atoms with E-state index in [0.29, 0.717) is 11.5 Å². The van der Waals surface area contributed by atoms with Crippen molar-refractivity contribution in [3.63, 3.8) is 0 Å². The Bertz CT molecular complexity index is 255. The predicted octanol–water partition coefficient (Wildman–Crippen LogP) is 2.58. The standard InChI is InChI=1S/C14H28N2S/c1-11-4-6-16(12(8-11)9-15)13-10-17-7-5-14(13,2)3/h11-13H,4-10,15H2,1-3H3. The SMILES string of the molecule is CC1CCN(C2CSCCC2(C)C)C(CN)C1. The van der Waals surface area contributed by atoms with E-state index in [1.807, 2.05) is 0 Å². The molecule has 2 fully saturated rings. The second-order valence-corrected chi connectivity index (χ2v) is 7.74. The number of thioether (sulfide) groups is 1. The molecular weight excluding hydrogens is 228 g/mol. The van der Waals surface area contributed by atoms with E-state index in [0.717, 1.165) is 18.5 Å². The van der Waals surface area contributed by atoms with Gasteiger partial charge in [0.1, 0.15) is 0 Å². The minimum atomic E-state index is 0.471. The van der Waals surface area contributed by atoms with Gasteiger partial charge in [0.2, 0.25) is 0 Å². The smallest absolute Gasteiger partial charge is 0.0241 e. The zero-order valence-corrected chi connectivity index (χ0v) is 12.4. The third-order valence-electron chi connectivity index (χ3n) is 4.76. The lowest BCUT2D eigenvalue weighted by atomic mass is 9.79. The minimum Gasteiger partial charge on any atom is -0.329 e. The van der Waals surface area contributed by atoms with Crippen molar-refractivity contribution in [2.45, 2.75) is 52.1 Å². The molecule has 2 aliphatic heterocycles. The summed E-state index contributed by atoms with van der Waals surface area (Å²) in [4.78, 5) is 2.74. The van der Waals surface area contributed by atoms with Crippen molar-refractivity contribution in [3.8, 4) is 0 Å². The van der Waals surface area contributed by atoms with Gasteiger partial charge in [-0.15, -0.1) is 0 Å². The van der Waals surface area contributed by atoms with Crippen molar-refractivity contribution in [2.24, 2.45) is 17.1 Å². The monoisotopic (exact) mass is 256 g/mol. The van der Waals surface area contributed by atoms with Crippen molar-refractivity contribution >= 4 is 11.8 Å². The van der Waals surface area contributed by atoms with E-state index in [1.54, 1.807) is 0 Å². The Balaban J connectivity index is 2.08. The van der Waals surface area contributed by atoms with Gasteiger partial charge in [0.15, 0.2) is 0 Å². The Hall–Kier alpha value is 0.270. The van der Waals surface area contributed by atoms with Crippen LogP contribution in [0.3, 0.4) is 0 Å². The minimum absolute atomic E-state index is 0.471. The Labute approximate surface area is 111 Å². The van der Waals surface area contributed by atoms with E-state index in [9.17, 15) is 0 Å². The lowest BCUT2D eigenvalue weighted by molar-refractivity contribution is 0.0243. The van der Waals surface area contributed by atoms with Gasteiger partial charge in [0, 0.05) is 24.4 Å². The number of nitrogens with two attached hydrogens (primary N) is 1. The zero-order valence-electron chi connectivity index (χ0n) is 11.6. The van der Waals surface area contributed by atoms with E-state index < -0.39 is 0 Å². The first-order valence-corrected chi connectivity index (χ1v) is 8.23. The topological polar surface area (TPSA) is 29.3 Å². The molecule has 0 radical (unpaired) electrons. The molecule has 0 saturated carbocycles. The summed E-state index contributed by atoms with van der Waals surface area (Å²) < 4.78 is 0. The van der Waals surface area contributed by atoms with Crippen LogP contribution in [-0.4, -0.2) is 41.6 Å².